The van der Waals surface area contributed by atoms with Crippen molar-refractivity contribution in [1.82, 2.24) is 0 Å². The molecule has 3 nitrogen and oxygen atoms in total. The molecule has 0 saturated carbocycles. The van der Waals surface area contributed by atoms with Crippen LogP contribution in [0.5, 0.6) is 0 Å². The zero-order chi connectivity index (χ0) is 11.2. The van der Waals surface area contributed by atoms with E-state index in [1.807, 2.05) is 0 Å². The molecule has 0 radical (unpaired) electrons. The molecule has 0 rings (SSSR count). The molecule has 0 amide bonds. The second kappa shape index (κ2) is 20.5. The molecule has 0 heterocycles. The summed E-state index contributed by atoms with van der Waals surface area (Å²) in [5.41, 5.74) is 0. The summed E-state index contributed by atoms with van der Waals surface area (Å²) in [4.78, 5) is 21.7. The van der Waals surface area contributed by atoms with E-state index >= 15 is 0 Å². The second-order valence-electron chi connectivity index (χ2n) is 3.24. The van der Waals surface area contributed by atoms with Crippen LogP contribution >= 0.6 is 8.60 Å². The minimum atomic E-state index is -2.62. The van der Waals surface area contributed by atoms with Crippen molar-refractivity contribution in [3.05, 3.63) is 6.92 Å². The Morgan fingerprint density at radius 3 is 1.53 bits per heavy atom. The van der Waals surface area contributed by atoms with E-state index in [4.69, 9.17) is 14.7 Å². The molecular formula is C10H24MgO3P+. The van der Waals surface area contributed by atoms with E-state index < -0.39 is 8.60 Å². The first-order valence-corrected chi connectivity index (χ1v) is 6.51. The van der Waals surface area contributed by atoms with Crippen LogP contribution in [0.4, 0.5) is 0 Å². The van der Waals surface area contributed by atoms with Crippen molar-refractivity contribution in [3.8, 4) is 0 Å². The maximum atomic E-state index is 7.23. The maximum absolute atomic E-state index is 7.23. The third-order valence-corrected chi connectivity index (χ3v) is 1.85. The van der Waals surface area contributed by atoms with Gasteiger partial charge in [-0.1, -0.05) is 51.9 Å². The number of unbranched alkanes of at least 4 members (excludes halogenated alkanes) is 7. The van der Waals surface area contributed by atoms with Crippen LogP contribution in [0, 0.1) is 6.92 Å². The minimum Gasteiger partial charge on any atom is -0.343 e. The smallest absolute Gasteiger partial charge is 0.343 e. The van der Waals surface area contributed by atoms with Crippen LogP contribution in [0.2, 0.25) is 0 Å². The molecule has 0 bridgehead atoms. The van der Waals surface area contributed by atoms with Crippen molar-refractivity contribution >= 4 is 31.7 Å². The Bertz CT molecular complexity index is 84.0. The van der Waals surface area contributed by atoms with Crippen molar-refractivity contribution in [2.24, 2.45) is 0 Å². The summed E-state index contributed by atoms with van der Waals surface area (Å²) in [5.74, 6) is 0. The van der Waals surface area contributed by atoms with Crippen LogP contribution in [0.25, 0.3) is 0 Å². The van der Waals surface area contributed by atoms with E-state index in [0.29, 0.717) is 0 Å². The van der Waals surface area contributed by atoms with E-state index in [1.165, 1.54) is 44.9 Å². The third kappa shape index (κ3) is 39.5. The number of hydrogen-bond acceptors (Lipinski definition) is 3. The Hall–Kier alpha value is 1.08. The predicted octanol–water partition coefficient (Wildman–Crippen LogP) is 2.77. The quantitative estimate of drug-likeness (QED) is 0.281. The summed E-state index contributed by atoms with van der Waals surface area (Å²) >= 11 is 0. The van der Waals surface area contributed by atoms with E-state index in [9.17, 15) is 0 Å². The Kier molecular flexibility index (Phi) is 29.2. The van der Waals surface area contributed by atoms with Crippen LogP contribution in [0.15, 0.2) is 0 Å². The molecule has 0 aromatic heterocycles. The predicted molar refractivity (Wildman–Crippen MR) is 67.3 cm³/mol. The fourth-order valence-electron chi connectivity index (χ4n) is 1.13. The van der Waals surface area contributed by atoms with E-state index in [2.05, 4.69) is 13.8 Å². The molecule has 0 aromatic rings. The van der Waals surface area contributed by atoms with E-state index in [-0.39, 0.29) is 23.1 Å². The summed E-state index contributed by atoms with van der Waals surface area (Å²) < 4.78 is 0. The van der Waals surface area contributed by atoms with Gasteiger partial charge in [0.25, 0.3) is 0 Å². The molecule has 88 valence electrons. The van der Waals surface area contributed by atoms with Gasteiger partial charge >= 0.3 is 31.7 Å². The SMILES string of the molecule is OP(O)O.[CH2-]CCCCCCCCC.[Mg+2]. The first-order valence-electron chi connectivity index (χ1n) is 5.31. The average molecular weight is 248 g/mol. The van der Waals surface area contributed by atoms with Gasteiger partial charge in [0.2, 0.25) is 0 Å². The van der Waals surface area contributed by atoms with Gasteiger partial charge in [-0.2, -0.15) is 6.42 Å². The van der Waals surface area contributed by atoms with E-state index in [1.54, 1.807) is 0 Å². The maximum Gasteiger partial charge on any atom is 2.00 e. The van der Waals surface area contributed by atoms with Gasteiger partial charge in [0.1, 0.15) is 0 Å². The van der Waals surface area contributed by atoms with Gasteiger partial charge < -0.3 is 21.6 Å². The summed E-state index contributed by atoms with van der Waals surface area (Å²) in [6, 6.07) is 0. The van der Waals surface area contributed by atoms with Gasteiger partial charge in [-0.05, 0) is 0 Å². The molecule has 5 heteroatoms. The summed E-state index contributed by atoms with van der Waals surface area (Å²) in [7, 11) is -2.62. The first kappa shape index (κ1) is 21.4. The van der Waals surface area contributed by atoms with Crippen LogP contribution in [0.3, 0.4) is 0 Å². The summed E-state index contributed by atoms with van der Waals surface area (Å²) in [5, 5.41) is 0. The van der Waals surface area contributed by atoms with Crippen LogP contribution < -0.4 is 0 Å². The van der Waals surface area contributed by atoms with Crippen molar-refractivity contribution in [2.75, 3.05) is 0 Å². The third-order valence-electron chi connectivity index (χ3n) is 1.85. The van der Waals surface area contributed by atoms with Crippen molar-refractivity contribution in [1.29, 1.82) is 0 Å². The molecule has 3 N–H and O–H groups in total. The normalized spacial score (nSPS) is 9.20. The average Bonchev–Trinajstić information content (AvgIpc) is 2.10. The molecule has 0 saturated heterocycles. The molecule has 0 aromatic carbocycles. The summed E-state index contributed by atoms with van der Waals surface area (Å²) in [6.45, 7) is 6.08. The van der Waals surface area contributed by atoms with Crippen LogP contribution in [0.1, 0.15) is 58.3 Å². The molecule has 15 heavy (non-hydrogen) atoms. The largest absolute Gasteiger partial charge is 2.00 e. The van der Waals surface area contributed by atoms with Crippen LogP contribution in [-0.2, 0) is 0 Å². The van der Waals surface area contributed by atoms with Crippen molar-refractivity contribution < 1.29 is 14.7 Å². The fourth-order valence-corrected chi connectivity index (χ4v) is 1.13. The Morgan fingerprint density at radius 2 is 1.20 bits per heavy atom. The standard InChI is InChI=1S/C10H21.Mg.H3O3P/c1-3-5-7-9-10-8-6-4-2;;1-4(2)3/h1,3-10H2,2H3;;1-3H/q-1;+2;. The zero-order valence-electron chi connectivity index (χ0n) is 9.86. The molecule has 0 aliphatic carbocycles. The van der Waals surface area contributed by atoms with Gasteiger partial charge in [-0.15, -0.1) is 0 Å². The molecular weight excluding hydrogens is 223 g/mol. The monoisotopic (exact) mass is 247 g/mol. The van der Waals surface area contributed by atoms with Gasteiger partial charge in [0.05, 0.1) is 0 Å². The Balaban J connectivity index is -0.000000249. The fraction of sp³-hybridized carbons (Fsp3) is 0.900. The molecule has 0 unspecified atom stereocenters. The Morgan fingerprint density at radius 1 is 0.867 bits per heavy atom. The van der Waals surface area contributed by atoms with Crippen molar-refractivity contribution in [3.63, 3.8) is 0 Å². The zero-order valence-corrected chi connectivity index (χ0v) is 12.2. The number of rotatable bonds is 7. The molecule has 0 atom stereocenters. The first-order chi connectivity index (χ1) is 6.65. The molecule has 0 spiro atoms. The van der Waals surface area contributed by atoms with Gasteiger partial charge in [0.15, 0.2) is 0 Å². The van der Waals surface area contributed by atoms with Gasteiger partial charge in [-0.3, -0.25) is 0 Å². The number of hydrogen-bond donors (Lipinski definition) is 3. The van der Waals surface area contributed by atoms with E-state index in [0.717, 1.165) is 6.42 Å². The molecule has 0 aliphatic rings. The Labute approximate surface area is 111 Å². The topological polar surface area (TPSA) is 60.7 Å². The van der Waals surface area contributed by atoms with Gasteiger partial charge in [-0.25, -0.2) is 0 Å². The molecule has 0 fully saturated rings. The minimum absolute atomic E-state index is 0. The summed E-state index contributed by atoms with van der Waals surface area (Å²) in [6.07, 6.45) is 10.9. The van der Waals surface area contributed by atoms with Gasteiger partial charge in [0, 0.05) is 0 Å². The molecule has 0 aliphatic heterocycles. The van der Waals surface area contributed by atoms with Crippen molar-refractivity contribution in [2.45, 2.75) is 58.3 Å². The second-order valence-corrected chi connectivity index (χ2v) is 3.78. The van der Waals surface area contributed by atoms with Crippen LogP contribution in [-0.4, -0.2) is 37.7 Å².